The molecule has 0 aliphatic carbocycles. The molecule has 0 atom stereocenters. The Morgan fingerprint density at radius 2 is 1.13 bits per heavy atom. The van der Waals surface area contributed by atoms with Crippen molar-refractivity contribution >= 4 is 35.3 Å². The maximum absolute atomic E-state index is 2.32. The van der Waals surface area contributed by atoms with E-state index < -0.39 is 0 Å². The molecule has 2 aromatic rings. The summed E-state index contributed by atoms with van der Waals surface area (Å²) in [7, 11) is 0. The monoisotopic (exact) mass is 362 g/mol. The molecule has 124 valence electrons. The quantitative estimate of drug-likeness (QED) is 0.447. The molecule has 2 rings (SSSR count). The van der Waals surface area contributed by atoms with Gasteiger partial charge in [-0.25, -0.2) is 0 Å². The standard InChI is InChI=1S/C20H26S3/c1-5-11-21-19-9-7-17(13-15(19)3)23-18-8-10-20(16(4)14-18)22-12-6-2/h7-10,13-14H,5-6,11-12H2,1-4H3. The molecule has 0 aromatic heterocycles. The van der Waals surface area contributed by atoms with E-state index in [4.69, 9.17) is 0 Å². The fourth-order valence-corrected chi connectivity index (χ4v) is 5.02. The van der Waals surface area contributed by atoms with E-state index in [-0.39, 0.29) is 0 Å². The van der Waals surface area contributed by atoms with Gasteiger partial charge in [0.15, 0.2) is 0 Å². The maximum Gasteiger partial charge on any atom is 0.0125 e. The van der Waals surface area contributed by atoms with Crippen LogP contribution in [0, 0.1) is 13.8 Å². The SMILES string of the molecule is CCCSc1ccc(Sc2ccc(SCCC)c(C)c2)cc1C. The summed E-state index contributed by atoms with van der Waals surface area (Å²) in [5, 5.41) is 0. The van der Waals surface area contributed by atoms with Gasteiger partial charge >= 0.3 is 0 Å². The minimum absolute atomic E-state index is 1.20. The van der Waals surface area contributed by atoms with Gasteiger partial charge in [-0.2, -0.15) is 0 Å². The van der Waals surface area contributed by atoms with E-state index >= 15 is 0 Å². The highest BCUT2D eigenvalue weighted by atomic mass is 32.2. The first-order valence-corrected chi connectivity index (χ1v) is 11.1. The molecule has 0 aliphatic heterocycles. The summed E-state index contributed by atoms with van der Waals surface area (Å²) in [6.45, 7) is 8.91. The van der Waals surface area contributed by atoms with Gasteiger partial charge < -0.3 is 0 Å². The molecule has 23 heavy (non-hydrogen) atoms. The highest BCUT2D eigenvalue weighted by molar-refractivity contribution is 8.00. The summed E-state index contributed by atoms with van der Waals surface area (Å²) < 4.78 is 0. The average molecular weight is 363 g/mol. The summed E-state index contributed by atoms with van der Waals surface area (Å²) in [5.41, 5.74) is 2.78. The zero-order chi connectivity index (χ0) is 16.7. The van der Waals surface area contributed by atoms with Crippen molar-refractivity contribution < 1.29 is 0 Å². The smallest absolute Gasteiger partial charge is 0.0125 e. The van der Waals surface area contributed by atoms with Crippen LogP contribution in [0.15, 0.2) is 56.0 Å². The van der Waals surface area contributed by atoms with Gasteiger partial charge in [0.25, 0.3) is 0 Å². The van der Waals surface area contributed by atoms with Crippen LogP contribution in [0.25, 0.3) is 0 Å². The van der Waals surface area contributed by atoms with Crippen LogP contribution in [-0.2, 0) is 0 Å². The molecule has 0 aliphatic rings. The zero-order valence-electron chi connectivity index (χ0n) is 14.5. The molecule has 0 radical (unpaired) electrons. The van der Waals surface area contributed by atoms with Crippen LogP contribution >= 0.6 is 35.3 Å². The van der Waals surface area contributed by atoms with Crippen LogP contribution in [0.1, 0.15) is 37.8 Å². The van der Waals surface area contributed by atoms with Gasteiger partial charge in [0.05, 0.1) is 0 Å². The lowest BCUT2D eigenvalue weighted by Crippen LogP contribution is -1.85. The lowest BCUT2D eigenvalue weighted by atomic mass is 10.2. The molecule has 0 nitrogen and oxygen atoms in total. The number of hydrogen-bond acceptors (Lipinski definition) is 3. The molecule has 0 fully saturated rings. The normalized spacial score (nSPS) is 11.0. The molecular formula is C20H26S3. The van der Waals surface area contributed by atoms with Crippen LogP contribution in [0.2, 0.25) is 0 Å². The average Bonchev–Trinajstić information content (AvgIpc) is 2.53. The van der Waals surface area contributed by atoms with E-state index in [0.717, 1.165) is 0 Å². The molecule has 0 unspecified atom stereocenters. The van der Waals surface area contributed by atoms with E-state index in [9.17, 15) is 0 Å². The van der Waals surface area contributed by atoms with Gasteiger partial charge in [0, 0.05) is 19.6 Å². The van der Waals surface area contributed by atoms with Crippen molar-refractivity contribution in [1.82, 2.24) is 0 Å². The molecule has 2 aromatic carbocycles. The summed E-state index contributed by atoms with van der Waals surface area (Å²) in [5.74, 6) is 2.40. The van der Waals surface area contributed by atoms with Gasteiger partial charge in [-0.05, 0) is 85.7 Å². The van der Waals surface area contributed by atoms with Gasteiger partial charge in [0.2, 0.25) is 0 Å². The maximum atomic E-state index is 2.32. The Bertz CT molecular complexity index is 579. The fourth-order valence-electron chi connectivity index (χ4n) is 2.25. The van der Waals surface area contributed by atoms with Crippen molar-refractivity contribution in [2.45, 2.75) is 60.1 Å². The van der Waals surface area contributed by atoms with Gasteiger partial charge in [0.1, 0.15) is 0 Å². The lowest BCUT2D eigenvalue weighted by molar-refractivity contribution is 1.10. The Labute approximate surface area is 154 Å². The van der Waals surface area contributed by atoms with E-state index in [0.29, 0.717) is 0 Å². The second-order valence-electron chi connectivity index (χ2n) is 5.65. The van der Waals surface area contributed by atoms with Crippen LogP contribution in [0.5, 0.6) is 0 Å². The third kappa shape index (κ3) is 5.81. The molecule has 0 saturated heterocycles. The van der Waals surface area contributed by atoms with Crippen LogP contribution in [0.4, 0.5) is 0 Å². The van der Waals surface area contributed by atoms with Crippen molar-refractivity contribution in [3.8, 4) is 0 Å². The highest BCUT2D eigenvalue weighted by Gasteiger charge is 2.05. The Morgan fingerprint density at radius 1 is 0.696 bits per heavy atom. The van der Waals surface area contributed by atoms with Crippen molar-refractivity contribution in [3.05, 3.63) is 47.5 Å². The van der Waals surface area contributed by atoms with Gasteiger partial charge in [-0.15, -0.1) is 23.5 Å². The molecule has 3 heteroatoms. The predicted molar refractivity (Wildman–Crippen MR) is 109 cm³/mol. The Balaban J connectivity index is 2.07. The highest BCUT2D eigenvalue weighted by Crippen LogP contribution is 2.34. The second-order valence-corrected chi connectivity index (χ2v) is 9.07. The number of thioether (sulfide) groups is 2. The van der Waals surface area contributed by atoms with Gasteiger partial charge in [-0.1, -0.05) is 25.6 Å². The fraction of sp³-hybridized carbons (Fsp3) is 0.400. The van der Waals surface area contributed by atoms with Crippen LogP contribution in [-0.4, -0.2) is 11.5 Å². The van der Waals surface area contributed by atoms with E-state index in [1.165, 1.54) is 55.1 Å². The van der Waals surface area contributed by atoms with Crippen molar-refractivity contribution in [3.63, 3.8) is 0 Å². The molecule has 0 N–H and O–H groups in total. The van der Waals surface area contributed by atoms with Gasteiger partial charge in [-0.3, -0.25) is 0 Å². The first-order valence-electron chi connectivity index (χ1n) is 8.28. The molecule has 0 amide bonds. The minimum Gasteiger partial charge on any atom is -0.126 e. The first kappa shape index (κ1) is 18.8. The zero-order valence-corrected chi connectivity index (χ0v) is 17.0. The number of aryl methyl sites for hydroxylation is 2. The molecule has 0 spiro atoms. The predicted octanol–water partition coefficient (Wildman–Crippen LogP) is 7.46. The van der Waals surface area contributed by atoms with E-state index in [1.807, 2.05) is 35.3 Å². The van der Waals surface area contributed by atoms with Crippen LogP contribution in [0.3, 0.4) is 0 Å². The number of benzene rings is 2. The van der Waals surface area contributed by atoms with Crippen molar-refractivity contribution in [1.29, 1.82) is 0 Å². The second kappa shape index (κ2) is 9.71. The summed E-state index contributed by atoms with van der Waals surface area (Å²) in [6, 6.07) is 13.7. The number of rotatable bonds is 8. The molecular weight excluding hydrogens is 336 g/mol. The molecule has 0 heterocycles. The largest absolute Gasteiger partial charge is 0.126 e. The molecule has 0 saturated carbocycles. The Kier molecular flexibility index (Phi) is 7.94. The van der Waals surface area contributed by atoms with Crippen molar-refractivity contribution in [2.75, 3.05) is 11.5 Å². The number of hydrogen-bond donors (Lipinski definition) is 0. The minimum atomic E-state index is 1.20. The summed E-state index contributed by atoms with van der Waals surface area (Å²) >= 11 is 5.79. The first-order chi connectivity index (χ1) is 11.1. The van der Waals surface area contributed by atoms with Crippen molar-refractivity contribution in [2.24, 2.45) is 0 Å². The summed E-state index contributed by atoms with van der Waals surface area (Å²) in [6.07, 6.45) is 2.45. The third-order valence-electron chi connectivity index (χ3n) is 3.45. The summed E-state index contributed by atoms with van der Waals surface area (Å²) in [4.78, 5) is 5.49. The lowest BCUT2D eigenvalue weighted by Gasteiger charge is -2.10. The van der Waals surface area contributed by atoms with E-state index in [2.05, 4.69) is 64.1 Å². The Morgan fingerprint density at radius 3 is 1.48 bits per heavy atom. The van der Waals surface area contributed by atoms with Crippen LogP contribution < -0.4 is 0 Å². The third-order valence-corrected chi connectivity index (χ3v) is 7.19. The molecule has 0 bridgehead atoms. The topological polar surface area (TPSA) is 0 Å². The Hall–Kier alpha value is -0.510. The van der Waals surface area contributed by atoms with E-state index in [1.54, 1.807) is 0 Å².